The Morgan fingerprint density at radius 1 is 0.538 bits per heavy atom. The summed E-state index contributed by atoms with van der Waals surface area (Å²) in [5.74, 6) is 1.76. The van der Waals surface area contributed by atoms with Crippen molar-refractivity contribution in [1.82, 2.24) is 0 Å². The van der Waals surface area contributed by atoms with E-state index >= 15 is 0 Å². The molecule has 0 fully saturated rings. The molecule has 0 atom stereocenters. The maximum Gasteiger partial charge on any atom is 0.132 e. The molecule has 7 aromatic carbocycles. The lowest BCUT2D eigenvalue weighted by Gasteiger charge is -2.41. The summed E-state index contributed by atoms with van der Waals surface area (Å²) in [4.78, 5) is 2.41. The molecule has 2 nitrogen and oxygen atoms in total. The Labute approximate surface area is 305 Å². The van der Waals surface area contributed by atoms with Gasteiger partial charge >= 0.3 is 0 Å². The van der Waals surface area contributed by atoms with E-state index in [1.165, 1.54) is 33.4 Å². The van der Waals surface area contributed by atoms with Crippen LogP contribution in [0.25, 0.3) is 27.8 Å². The summed E-state index contributed by atoms with van der Waals surface area (Å²) >= 11 is 0. The van der Waals surface area contributed by atoms with Gasteiger partial charge in [-0.3, -0.25) is 0 Å². The predicted octanol–water partition coefficient (Wildman–Crippen LogP) is 13.1. The van der Waals surface area contributed by atoms with Gasteiger partial charge in [0.05, 0.1) is 11.1 Å². The number of allylic oxidation sites excluding steroid dienone is 4. The lowest BCUT2D eigenvalue weighted by Crippen LogP contribution is -2.34. The van der Waals surface area contributed by atoms with Crippen LogP contribution in [0.1, 0.15) is 34.7 Å². The molecule has 0 saturated carbocycles. The number of ether oxygens (including phenoxy) is 1. The highest BCUT2D eigenvalue weighted by atomic mass is 16.5. The van der Waals surface area contributed by atoms with Crippen molar-refractivity contribution in [3.63, 3.8) is 0 Å². The minimum absolute atomic E-state index is 0.619. The SMILES string of the molecule is C=C(/C=C\C(=C/C)N(c1ccc(-c2ccccc2)cc1)c1cccc2c1C1(c3ccccc3Oc3ccccc31)c1ccccc1-2)c1ccccc1. The van der Waals surface area contributed by atoms with Crippen molar-refractivity contribution < 1.29 is 4.74 Å². The Hall–Kier alpha value is -6.64. The molecule has 1 aliphatic heterocycles. The average Bonchev–Trinajstić information content (AvgIpc) is 3.51. The number of hydrogen-bond donors (Lipinski definition) is 0. The van der Waals surface area contributed by atoms with E-state index in [-0.39, 0.29) is 0 Å². The number of nitrogens with zero attached hydrogens (tertiary/aromatic N) is 1. The third kappa shape index (κ3) is 4.95. The van der Waals surface area contributed by atoms with Crippen LogP contribution in [0.3, 0.4) is 0 Å². The van der Waals surface area contributed by atoms with Crippen molar-refractivity contribution in [3.05, 3.63) is 234 Å². The number of hydrogen-bond acceptors (Lipinski definition) is 2. The summed E-state index contributed by atoms with van der Waals surface area (Å²) in [6, 6.07) is 62.6. The van der Waals surface area contributed by atoms with Gasteiger partial charge in [-0.2, -0.15) is 0 Å². The number of anilines is 2. The van der Waals surface area contributed by atoms with E-state index in [9.17, 15) is 0 Å². The highest BCUT2D eigenvalue weighted by molar-refractivity contribution is 5.95. The molecular weight excluding hydrogens is 631 g/mol. The molecule has 52 heavy (non-hydrogen) atoms. The first-order chi connectivity index (χ1) is 25.7. The first-order valence-corrected chi connectivity index (χ1v) is 17.8. The fourth-order valence-electron chi connectivity index (χ4n) is 8.17. The molecule has 248 valence electrons. The molecule has 0 saturated heterocycles. The van der Waals surface area contributed by atoms with Crippen LogP contribution in [0, 0.1) is 0 Å². The van der Waals surface area contributed by atoms with E-state index in [4.69, 9.17) is 4.74 Å². The van der Waals surface area contributed by atoms with Crippen LogP contribution in [-0.2, 0) is 5.41 Å². The van der Waals surface area contributed by atoms with Gasteiger partial charge in [-0.25, -0.2) is 0 Å². The van der Waals surface area contributed by atoms with Gasteiger partial charge in [0.2, 0.25) is 0 Å². The predicted molar refractivity (Wildman–Crippen MR) is 216 cm³/mol. The number of para-hydroxylation sites is 2. The molecule has 1 spiro atoms. The van der Waals surface area contributed by atoms with Gasteiger partial charge in [-0.1, -0.05) is 164 Å². The van der Waals surface area contributed by atoms with Gasteiger partial charge < -0.3 is 9.64 Å². The highest BCUT2D eigenvalue weighted by Gasteiger charge is 2.52. The van der Waals surface area contributed by atoms with Crippen molar-refractivity contribution in [3.8, 4) is 33.8 Å². The first kappa shape index (κ1) is 31.3. The van der Waals surface area contributed by atoms with E-state index in [0.29, 0.717) is 0 Å². The minimum Gasteiger partial charge on any atom is -0.457 e. The molecule has 0 aromatic heterocycles. The lowest BCUT2D eigenvalue weighted by atomic mass is 9.65. The van der Waals surface area contributed by atoms with Gasteiger partial charge in [0.15, 0.2) is 0 Å². The van der Waals surface area contributed by atoms with Crippen LogP contribution in [0.4, 0.5) is 11.4 Å². The van der Waals surface area contributed by atoms with Crippen LogP contribution in [0.2, 0.25) is 0 Å². The zero-order valence-electron chi connectivity index (χ0n) is 29.0. The molecule has 2 aliphatic rings. The molecule has 0 bridgehead atoms. The van der Waals surface area contributed by atoms with Crippen molar-refractivity contribution in [2.24, 2.45) is 0 Å². The Kier molecular flexibility index (Phi) is 7.79. The molecule has 0 N–H and O–H groups in total. The highest BCUT2D eigenvalue weighted by Crippen LogP contribution is 2.64. The summed E-state index contributed by atoms with van der Waals surface area (Å²) in [5, 5.41) is 0. The molecule has 0 unspecified atom stereocenters. The fraction of sp³-hybridized carbons (Fsp3) is 0.0400. The topological polar surface area (TPSA) is 12.5 Å². The van der Waals surface area contributed by atoms with Crippen LogP contribution in [0.5, 0.6) is 11.5 Å². The summed E-state index contributed by atoms with van der Waals surface area (Å²) in [6.45, 7) is 6.55. The minimum atomic E-state index is -0.619. The van der Waals surface area contributed by atoms with E-state index in [0.717, 1.165) is 50.8 Å². The summed E-state index contributed by atoms with van der Waals surface area (Å²) < 4.78 is 6.66. The second-order valence-corrected chi connectivity index (χ2v) is 13.3. The van der Waals surface area contributed by atoms with Crippen LogP contribution in [-0.4, -0.2) is 0 Å². The Morgan fingerprint density at radius 2 is 1.10 bits per heavy atom. The lowest BCUT2D eigenvalue weighted by molar-refractivity contribution is 0.436. The largest absolute Gasteiger partial charge is 0.457 e. The molecule has 7 aromatic rings. The third-order valence-electron chi connectivity index (χ3n) is 10.5. The number of fused-ring (bicyclic) bond motifs is 9. The molecule has 9 rings (SSSR count). The van der Waals surface area contributed by atoms with Gasteiger partial charge in [-0.05, 0) is 82.3 Å². The first-order valence-electron chi connectivity index (χ1n) is 17.8. The monoisotopic (exact) mass is 667 g/mol. The number of benzene rings is 7. The van der Waals surface area contributed by atoms with Gasteiger partial charge in [0.25, 0.3) is 0 Å². The molecule has 1 heterocycles. The molecule has 0 amide bonds. The standard InChI is InChI=1S/C50H37NO/c1-3-39(32-29-35(2)36-17-6-4-7-18-36)51(40-33-30-38(31-34-40)37-19-8-5-9-20-37)46-26-16-22-42-41-21-10-11-23-43(41)50(49(42)46)44-24-12-14-27-47(44)52-48-28-15-13-25-45(48)50/h3-34H,2H2,1H3/b32-29-,39-3+. The van der Waals surface area contributed by atoms with Crippen molar-refractivity contribution in [2.75, 3.05) is 4.90 Å². The van der Waals surface area contributed by atoms with E-state index in [1.807, 2.05) is 6.07 Å². The van der Waals surface area contributed by atoms with Crippen molar-refractivity contribution in [1.29, 1.82) is 0 Å². The van der Waals surface area contributed by atoms with E-state index in [1.54, 1.807) is 0 Å². The zero-order valence-corrected chi connectivity index (χ0v) is 29.0. The number of rotatable bonds is 7. The third-order valence-corrected chi connectivity index (χ3v) is 10.5. The quantitative estimate of drug-likeness (QED) is 0.157. The summed E-state index contributed by atoms with van der Waals surface area (Å²) in [7, 11) is 0. The van der Waals surface area contributed by atoms with Crippen LogP contribution >= 0.6 is 0 Å². The molecule has 2 heteroatoms. The van der Waals surface area contributed by atoms with E-state index in [2.05, 4.69) is 206 Å². The average molecular weight is 668 g/mol. The fourth-order valence-corrected chi connectivity index (χ4v) is 8.17. The van der Waals surface area contributed by atoms with Gasteiger partial charge in [0, 0.05) is 28.1 Å². The summed E-state index contributed by atoms with van der Waals surface area (Å²) in [5.41, 5.74) is 14.2. The van der Waals surface area contributed by atoms with Crippen LogP contribution in [0.15, 0.2) is 206 Å². The Bertz CT molecular complexity index is 2460. The normalized spacial score (nSPS) is 13.5. The maximum atomic E-state index is 6.66. The smallest absolute Gasteiger partial charge is 0.132 e. The zero-order chi connectivity index (χ0) is 35.1. The van der Waals surface area contributed by atoms with E-state index < -0.39 is 5.41 Å². The van der Waals surface area contributed by atoms with Crippen molar-refractivity contribution >= 4 is 16.9 Å². The molecule has 1 aliphatic carbocycles. The second-order valence-electron chi connectivity index (χ2n) is 13.3. The molecule has 0 radical (unpaired) electrons. The Balaban J connectivity index is 1.31. The second kappa shape index (κ2) is 12.9. The van der Waals surface area contributed by atoms with Gasteiger partial charge in [0.1, 0.15) is 11.5 Å². The molecular formula is C50H37NO. The Morgan fingerprint density at radius 3 is 1.77 bits per heavy atom. The van der Waals surface area contributed by atoms with Gasteiger partial charge in [-0.15, -0.1) is 0 Å². The van der Waals surface area contributed by atoms with Crippen LogP contribution < -0.4 is 9.64 Å². The summed E-state index contributed by atoms with van der Waals surface area (Å²) in [6.07, 6.45) is 6.52. The maximum absolute atomic E-state index is 6.66. The van der Waals surface area contributed by atoms with Crippen molar-refractivity contribution in [2.45, 2.75) is 12.3 Å².